The Morgan fingerprint density at radius 2 is 1.96 bits per heavy atom. The average molecular weight is 342 g/mol. The molecule has 1 saturated carbocycles. The Morgan fingerprint density at radius 1 is 1.25 bits per heavy atom. The molecule has 1 aliphatic heterocycles. The fourth-order valence-corrected chi connectivity index (χ4v) is 3.34. The largest absolute Gasteiger partial charge is 0.470 e. The monoisotopic (exact) mass is 342 g/mol. The van der Waals surface area contributed by atoms with Gasteiger partial charge in [0.25, 0.3) is 0 Å². The Morgan fingerprint density at radius 3 is 2.62 bits per heavy atom. The number of rotatable bonds is 4. The molecule has 1 amide bonds. The summed E-state index contributed by atoms with van der Waals surface area (Å²) < 4.78 is 44.1. The first-order valence-corrected chi connectivity index (χ1v) is 8.40. The highest BCUT2D eigenvalue weighted by Gasteiger charge is 2.38. The van der Waals surface area contributed by atoms with Crippen molar-refractivity contribution in [2.24, 2.45) is 5.92 Å². The number of hydrogen-bond donors (Lipinski definition) is 0. The van der Waals surface area contributed by atoms with Crippen LogP contribution in [-0.2, 0) is 11.0 Å². The highest BCUT2D eigenvalue weighted by atomic mass is 19.4. The van der Waals surface area contributed by atoms with Gasteiger partial charge in [-0.2, -0.15) is 13.2 Å². The van der Waals surface area contributed by atoms with Crippen molar-refractivity contribution >= 4 is 5.91 Å². The van der Waals surface area contributed by atoms with Gasteiger partial charge in [-0.3, -0.25) is 4.79 Å². The Hall–Kier alpha value is -1.79. The lowest BCUT2D eigenvalue weighted by Gasteiger charge is -2.39. The molecular weight excluding hydrogens is 321 g/mol. The third kappa shape index (κ3) is 3.99. The fourth-order valence-electron chi connectivity index (χ4n) is 3.34. The van der Waals surface area contributed by atoms with Crippen molar-refractivity contribution < 1.29 is 22.7 Å². The summed E-state index contributed by atoms with van der Waals surface area (Å²) in [5.41, 5.74) is -0.878. The molecule has 0 bridgehead atoms. The summed E-state index contributed by atoms with van der Waals surface area (Å²) in [4.78, 5) is 17.5. The molecule has 2 fully saturated rings. The number of alkyl halides is 3. The summed E-state index contributed by atoms with van der Waals surface area (Å²) in [6.07, 6.45) is 2.72. The molecule has 1 saturated heterocycles. The second-order valence-electron chi connectivity index (χ2n) is 6.60. The average Bonchev–Trinajstić information content (AvgIpc) is 2.50. The number of nitrogens with zero attached hydrogens (tertiary/aromatic N) is 2. The van der Waals surface area contributed by atoms with E-state index >= 15 is 0 Å². The minimum atomic E-state index is -4.50. The molecule has 2 heterocycles. The van der Waals surface area contributed by atoms with Crippen molar-refractivity contribution in [2.45, 2.75) is 50.8 Å². The second-order valence-corrected chi connectivity index (χ2v) is 6.60. The standard InChI is InChI=1S/C17H21F3N2O2/c18-17(19,20)14-7-4-8-21-16(14)24-13-10-22(11-13)15(23)9-12-5-2-1-3-6-12/h4,7-8,12-13H,1-3,5-6,9-11H2. The van der Waals surface area contributed by atoms with Crippen molar-refractivity contribution in [1.29, 1.82) is 0 Å². The van der Waals surface area contributed by atoms with Crippen molar-refractivity contribution in [3.63, 3.8) is 0 Å². The first-order valence-electron chi connectivity index (χ1n) is 8.40. The second kappa shape index (κ2) is 6.99. The highest BCUT2D eigenvalue weighted by Crippen LogP contribution is 2.35. The van der Waals surface area contributed by atoms with E-state index in [1.54, 1.807) is 4.90 Å². The molecule has 7 heteroatoms. The molecule has 0 spiro atoms. The number of amides is 1. The molecule has 2 aliphatic rings. The topological polar surface area (TPSA) is 42.4 Å². The minimum Gasteiger partial charge on any atom is -0.470 e. The number of halogens is 3. The van der Waals surface area contributed by atoms with Crippen LogP contribution in [0.4, 0.5) is 13.2 Å². The predicted octanol–water partition coefficient (Wildman–Crippen LogP) is 3.66. The Balaban J connectivity index is 1.50. The van der Waals surface area contributed by atoms with Gasteiger partial charge in [-0.25, -0.2) is 4.98 Å². The summed E-state index contributed by atoms with van der Waals surface area (Å²) in [5, 5.41) is 0. The van der Waals surface area contributed by atoms with Gasteiger partial charge in [0.2, 0.25) is 11.8 Å². The summed E-state index contributed by atoms with van der Waals surface area (Å²) in [6, 6.07) is 2.18. The first kappa shape index (κ1) is 17.0. The number of carbonyl (C=O) groups is 1. The van der Waals surface area contributed by atoms with Crippen LogP contribution in [0.25, 0.3) is 0 Å². The lowest BCUT2D eigenvalue weighted by Crippen LogP contribution is -2.56. The number of carbonyl (C=O) groups excluding carboxylic acids is 1. The summed E-state index contributed by atoms with van der Waals surface area (Å²) >= 11 is 0. The van der Waals surface area contributed by atoms with E-state index in [9.17, 15) is 18.0 Å². The van der Waals surface area contributed by atoms with Crippen LogP contribution < -0.4 is 4.74 Å². The quantitative estimate of drug-likeness (QED) is 0.839. The molecule has 1 aromatic rings. The van der Waals surface area contributed by atoms with Crippen molar-refractivity contribution in [3.8, 4) is 5.88 Å². The number of pyridine rings is 1. The van der Waals surface area contributed by atoms with E-state index in [0.717, 1.165) is 18.9 Å². The molecular formula is C17H21F3N2O2. The van der Waals surface area contributed by atoms with Gasteiger partial charge >= 0.3 is 6.18 Å². The summed E-state index contributed by atoms with van der Waals surface area (Å²) in [6.45, 7) is 0.666. The Kier molecular flexibility index (Phi) is 4.96. The maximum Gasteiger partial charge on any atom is 0.421 e. The van der Waals surface area contributed by atoms with E-state index in [0.29, 0.717) is 25.4 Å². The van der Waals surface area contributed by atoms with Gasteiger partial charge in [0.15, 0.2) is 0 Å². The van der Waals surface area contributed by atoms with Gasteiger partial charge in [0.05, 0.1) is 13.1 Å². The zero-order valence-electron chi connectivity index (χ0n) is 13.4. The van der Waals surface area contributed by atoms with Crippen molar-refractivity contribution in [3.05, 3.63) is 23.9 Å². The Bertz CT molecular complexity index is 579. The lowest BCUT2D eigenvalue weighted by atomic mass is 9.86. The zero-order valence-corrected chi connectivity index (χ0v) is 13.4. The third-order valence-electron chi connectivity index (χ3n) is 4.74. The van der Waals surface area contributed by atoms with Crippen LogP contribution in [0, 0.1) is 5.92 Å². The normalized spacial score (nSPS) is 19.9. The summed E-state index contributed by atoms with van der Waals surface area (Å²) in [7, 11) is 0. The molecule has 132 valence electrons. The van der Waals surface area contributed by atoms with Crippen LogP contribution in [0.15, 0.2) is 18.3 Å². The van der Waals surface area contributed by atoms with Crippen molar-refractivity contribution in [1.82, 2.24) is 9.88 Å². The highest BCUT2D eigenvalue weighted by molar-refractivity contribution is 5.77. The van der Waals surface area contributed by atoms with Crippen molar-refractivity contribution in [2.75, 3.05) is 13.1 Å². The molecule has 1 aromatic heterocycles. The number of likely N-dealkylation sites (tertiary alicyclic amines) is 1. The van der Waals surface area contributed by atoms with E-state index < -0.39 is 23.7 Å². The van der Waals surface area contributed by atoms with E-state index in [-0.39, 0.29) is 5.91 Å². The van der Waals surface area contributed by atoms with Crippen LogP contribution in [0.1, 0.15) is 44.1 Å². The Labute approximate surface area is 139 Å². The zero-order chi connectivity index (χ0) is 17.2. The first-order chi connectivity index (χ1) is 11.4. The molecule has 0 radical (unpaired) electrons. The van der Waals surface area contributed by atoms with Crippen LogP contribution >= 0.6 is 0 Å². The van der Waals surface area contributed by atoms with Gasteiger partial charge in [0.1, 0.15) is 11.7 Å². The lowest BCUT2D eigenvalue weighted by molar-refractivity contribution is -0.145. The molecule has 24 heavy (non-hydrogen) atoms. The van der Waals surface area contributed by atoms with Crippen LogP contribution in [0.5, 0.6) is 5.88 Å². The van der Waals surface area contributed by atoms with E-state index in [4.69, 9.17) is 4.74 Å². The molecule has 1 aliphatic carbocycles. The number of aromatic nitrogens is 1. The van der Waals surface area contributed by atoms with Gasteiger partial charge in [-0.05, 0) is 30.9 Å². The van der Waals surface area contributed by atoms with Gasteiger partial charge in [-0.1, -0.05) is 19.3 Å². The smallest absolute Gasteiger partial charge is 0.421 e. The van der Waals surface area contributed by atoms with E-state index in [2.05, 4.69) is 4.98 Å². The number of ether oxygens (including phenoxy) is 1. The van der Waals surface area contributed by atoms with Crippen LogP contribution in [-0.4, -0.2) is 35.0 Å². The van der Waals surface area contributed by atoms with E-state index in [1.807, 2.05) is 0 Å². The van der Waals surface area contributed by atoms with Crippen LogP contribution in [0.2, 0.25) is 0 Å². The molecule has 4 nitrogen and oxygen atoms in total. The molecule has 0 N–H and O–H groups in total. The SMILES string of the molecule is O=C(CC1CCCCC1)N1CC(Oc2ncccc2C(F)(F)F)C1. The number of hydrogen-bond acceptors (Lipinski definition) is 3. The van der Waals surface area contributed by atoms with Gasteiger partial charge < -0.3 is 9.64 Å². The van der Waals surface area contributed by atoms with Crippen LogP contribution in [0.3, 0.4) is 0 Å². The van der Waals surface area contributed by atoms with Gasteiger partial charge in [-0.15, -0.1) is 0 Å². The molecule has 3 rings (SSSR count). The summed E-state index contributed by atoms with van der Waals surface area (Å²) in [5.74, 6) is 0.132. The molecule has 0 aromatic carbocycles. The third-order valence-corrected chi connectivity index (χ3v) is 4.74. The molecule has 0 atom stereocenters. The maximum absolute atomic E-state index is 12.9. The molecule has 0 unspecified atom stereocenters. The predicted molar refractivity (Wildman–Crippen MR) is 81.4 cm³/mol. The fraction of sp³-hybridized carbons (Fsp3) is 0.647. The van der Waals surface area contributed by atoms with E-state index in [1.165, 1.54) is 31.5 Å². The maximum atomic E-state index is 12.9. The minimum absolute atomic E-state index is 0.0822. The van der Waals surface area contributed by atoms with Gasteiger partial charge in [0, 0.05) is 12.6 Å².